The van der Waals surface area contributed by atoms with Crippen LogP contribution >= 0.6 is 0 Å². The molecule has 0 aromatic heterocycles. The Morgan fingerprint density at radius 1 is 0.889 bits per heavy atom. The van der Waals surface area contributed by atoms with Gasteiger partial charge in [0.1, 0.15) is 0 Å². The predicted molar refractivity (Wildman–Crippen MR) is 142 cm³/mol. The molecule has 1 aliphatic carbocycles. The minimum Gasteiger partial charge on any atom is -0.356 e. The minimum absolute atomic E-state index is 0.00424. The zero-order valence-electron chi connectivity index (χ0n) is 21.1. The summed E-state index contributed by atoms with van der Waals surface area (Å²) in [5, 5.41) is 9.45. The van der Waals surface area contributed by atoms with Gasteiger partial charge in [-0.1, -0.05) is 36.4 Å². The highest BCUT2D eigenvalue weighted by Gasteiger charge is 2.19. The van der Waals surface area contributed by atoms with E-state index in [0.29, 0.717) is 32.5 Å². The standard InChI is InChI=1S/C29H38N4O3/c34-27(32-25-13-12-22-10-6-11-24(22)20-25)14-15-29(36)33-18-5-4-16-30-26(23-8-2-1-3-9-23)21-28(35)31-17-7-19-33/h1-3,8-9,12-13,20,26,30H,4-7,10-11,14-19,21H2,(H,31,35)(H,32,34). The highest BCUT2D eigenvalue weighted by atomic mass is 16.2. The summed E-state index contributed by atoms with van der Waals surface area (Å²) in [6.45, 7) is 2.55. The van der Waals surface area contributed by atoms with Crippen LogP contribution in [0.1, 0.15) is 67.7 Å². The zero-order valence-corrected chi connectivity index (χ0v) is 21.1. The van der Waals surface area contributed by atoms with E-state index in [-0.39, 0.29) is 36.6 Å². The predicted octanol–water partition coefficient (Wildman–Crippen LogP) is 3.74. The Bertz CT molecular complexity index is 1040. The number of carbonyl (C=O) groups is 3. The fourth-order valence-corrected chi connectivity index (χ4v) is 5.07. The van der Waals surface area contributed by atoms with Crippen molar-refractivity contribution in [1.29, 1.82) is 0 Å². The first-order valence-corrected chi connectivity index (χ1v) is 13.3. The van der Waals surface area contributed by atoms with Gasteiger partial charge in [0.05, 0.1) is 0 Å². The van der Waals surface area contributed by atoms with Crippen LogP contribution in [0.4, 0.5) is 5.69 Å². The molecule has 0 spiro atoms. The summed E-state index contributed by atoms with van der Waals surface area (Å²) in [5.74, 6) is -0.123. The van der Waals surface area contributed by atoms with Gasteiger partial charge in [-0.3, -0.25) is 14.4 Å². The van der Waals surface area contributed by atoms with Gasteiger partial charge < -0.3 is 20.9 Å². The number of aryl methyl sites for hydroxylation is 2. The molecule has 1 atom stereocenters. The van der Waals surface area contributed by atoms with Gasteiger partial charge in [0.15, 0.2) is 0 Å². The van der Waals surface area contributed by atoms with Crippen LogP contribution in [-0.2, 0) is 27.2 Å². The molecular formula is C29H38N4O3. The largest absolute Gasteiger partial charge is 0.356 e. The number of nitrogens with zero attached hydrogens (tertiary/aromatic N) is 1. The normalized spacial score (nSPS) is 19.3. The highest BCUT2D eigenvalue weighted by Crippen LogP contribution is 2.25. The lowest BCUT2D eigenvalue weighted by atomic mass is 10.0. The van der Waals surface area contributed by atoms with Crippen molar-refractivity contribution in [1.82, 2.24) is 15.5 Å². The molecule has 4 rings (SSSR count). The fraction of sp³-hybridized carbons (Fsp3) is 0.483. The van der Waals surface area contributed by atoms with Crippen LogP contribution in [0.3, 0.4) is 0 Å². The van der Waals surface area contributed by atoms with Crippen molar-refractivity contribution in [2.24, 2.45) is 0 Å². The summed E-state index contributed by atoms with van der Waals surface area (Å²) in [5.41, 5.74) is 4.61. The third-order valence-electron chi connectivity index (χ3n) is 7.06. The highest BCUT2D eigenvalue weighted by molar-refractivity contribution is 5.93. The molecule has 2 aromatic rings. The van der Waals surface area contributed by atoms with E-state index in [2.05, 4.69) is 28.1 Å². The first-order chi connectivity index (χ1) is 17.6. The maximum absolute atomic E-state index is 12.9. The molecule has 1 aliphatic heterocycles. The second kappa shape index (κ2) is 13.2. The van der Waals surface area contributed by atoms with E-state index in [9.17, 15) is 14.4 Å². The van der Waals surface area contributed by atoms with Crippen LogP contribution < -0.4 is 16.0 Å². The number of hydrogen-bond donors (Lipinski definition) is 3. The summed E-state index contributed by atoms with van der Waals surface area (Å²) in [4.78, 5) is 39.8. The van der Waals surface area contributed by atoms with E-state index in [1.54, 1.807) is 0 Å². The van der Waals surface area contributed by atoms with Gasteiger partial charge >= 0.3 is 0 Å². The van der Waals surface area contributed by atoms with Crippen LogP contribution in [0, 0.1) is 0 Å². The molecule has 3 amide bonds. The van der Waals surface area contributed by atoms with Gasteiger partial charge in [0.25, 0.3) is 0 Å². The van der Waals surface area contributed by atoms with Crippen LogP contribution in [0.15, 0.2) is 48.5 Å². The average Bonchev–Trinajstić information content (AvgIpc) is 3.36. The molecule has 2 aromatic carbocycles. The van der Waals surface area contributed by atoms with Gasteiger partial charge in [0.2, 0.25) is 17.7 Å². The molecular weight excluding hydrogens is 452 g/mol. The van der Waals surface area contributed by atoms with Crippen molar-refractivity contribution < 1.29 is 14.4 Å². The first-order valence-electron chi connectivity index (χ1n) is 13.3. The summed E-state index contributed by atoms with van der Waals surface area (Å²) < 4.78 is 0. The van der Waals surface area contributed by atoms with Crippen molar-refractivity contribution in [3.05, 3.63) is 65.2 Å². The maximum Gasteiger partial charge on any atom is 0.224 e. The third kappa shape index (κ3) is 7.65. The number of nitrogens with one attached hydrogen (secondary N) is 3. The van der Waals surface area contributed by atoms with Gasteiger partial charge in [0, 0.05) is 50.6 Å². The van der Waals surface area contributed by atoms with Crippen molar-refractivity contribution in [3.8, 4) is 0 Å². The molecule has 192 valence electrons. The zero-order chi connectivity index (χ0) is 25.2. The molecule has 7 nitrogen and oxygen atoms in total. The Labute approximate surface area is 214 Å². The lowest BCUT2D eigenvalue weighted by molar-refractivity contribution is -0.133. The topological polar surface area (TPSA) is 90.5 Å². The summed E-state index contributed by atoms with van der Waals surface area (Å²) in [6, 6.07) is 16.1. The lowest BCUT2D eigenvalue weighted by Gasteiger charge is -2.23. The summed E-state index contributed by atoms with van der Waals surface area (Å²) in [7, 11) is 0. The van der Waals surface area contributed by atoms with Gasteiger partial charge in [-0.2, -0.15) is 0 Å². The van der Waals surface area contributed by atoms with Gasteiger partial charge in [-0.25, -0.2) is 0 Å². The average molecular weight is 491 g/mol. The third-order valence-corrected chi connectivity index (χ3v) is 7.06. The number of amides is 3. The lowest BCUT2D eigenvalue weighted by Crippen LogP contribution is -2.35. The van der Waals surface area contributed by atoms with Crippen LogP contribution in [0.2, 0.25) is 0 Å². The molecule has 2 aliphatic rings. The van der Waals surface area contributed by atoms with E-state index in [1.807, 2.05) is 41.3 Å². The molecule has 0 bridgehead atoms. The Hall–Kier alpha value is -3.19. The van der Waals surface area contributed by atoms with E-state index in [4.69, 9.17) is 0 Å². The number of carbonyl (C=O) groups excluding carboxylic acids is 3. The van der Waals surface area contributed by atoms with E-state index in [0.717, 1.165) is 43.5 Å². The van der Waals surface area contributed by atoms with Crippen molar-refractivity contribution >= 4 is 23.4 Å². The molecule has 1 saturated heterocycles. The Balaban J connectivity index is 1.25. The van der Waals surface area contributed by atoms with Crippen molar-refractivity contribution in [2.45, 2.75) is 63.8 Å². The first kappa shape index (κ1) is 25.9. The molecule has 7 heteroatoms. The van der Waals surface area contributed by atoms with Crippen LogP contribution in [0.25, 0.3) is 0 Å². The molecule has 3 N–H and O–H groups in total. The van der Waals surface area contributed by atoms with Crippen LogP contribution in [0.5, 0.6) is 0 Å². The molecule has 0 radical (unpaired) electrons. The second-order valence-electron chi connectivity index (χ2n) is 9.80. The van der Waals surface area contributed by atoms with Crippen molar-refractivity contribution in [3.63, 3.8) is 0 Å². The van der Waals surface area contributed by atoms with E-state index >= 15 is 0 Å². The Kier molecular flexibility index (Phi) is 9.50. The number of rotatable bonds is 5. The monoisotopic (exact) mass is 490 g/mol. The Morgan fingerprint density at radius 2 is 1.69 bits per heavy atom. The number of benzene rings is 2. The molecule has 1 fully saturated rings. The van der Waals surface area contributed by atoms with E-state index in [1.165, 1.54) is 17.5 Å². The fourth-order valence-electron chi connectivity index (χ4n) is 5.07. The second-order valence-corrected chi connectivity index (χ2v) is 9.80. The molecule has 1 unspecified atom stereocenters. The molecule has 1 heterocycles. The SMILES string of the molecule is O=C1CC(c2ccccc2)NCCCCN(C(=O)CCC(=O)Nc2ccc3c(c2)CCC3)CCCN1. The molecule has 0 saturated carbocycles. The van der Waals surface area contributed by atoms with Crippen LogP contribution in [-0.4, -0.2) is 48.8 Å². The van der Waals surface area contributed by atoms with Gasteiger partial charge in [-0.05, 0) is 73.9 Å². The smallest absolute Gasteiger partial charge is 0.224 e. The summed E-state index contributed by atoms with van der Waals surface area (Å²) >= 11 is 0. The number of hydrogen-bond acceptors (Lipinski definition) is 4. The quantitative estimate of drug-likeness (QED) is 0.596. The number of anilines is 1. The van der Waals surface area contributed by atoms with Gasteiger partial charge in [-0.15, -0.1) is 0 Å². The molecule has 36 heavy (non-hydrogen) atoms. The summed E-state index contributed by atoms with van der Waals surface area (Å²) in [6.07, 6.45) is 6.59. The number of fused-ring (bicyclic) bond motifs is 1. The van der Waals surface area contributed by atoms with Crippen molar-refractivity contribution in [2.75, 3.05) is 31.5 Å². The minimum atomic E-state index is -0.129. The van der Waals surface area contributed by atoms with E-state index < -0.39 is 0 Å². The maximum atomic E-state index is 12.9. The Morgan fingerprint density at radius 3 is 2.56 bits per heavy atom.